The maximum Gasteiger partial charge on any atom is 0.412 e. The van der Waals surface area contributed by atoms with Gasteiger partial charge in [-0.15, -0.1) is 0 Å². The van der Waals surface area contributed by atoms with Crippen molar-refractivity contribution in [1.29, 1.82) is 0 Å². The molecule has 0 aliphatic carbocycles. The Labute approximate surface area is 185 Å². The van der Waals surface area contributed by atoms with Gasteiger partial charge in [0.05, 0.1) is 7.11 Å². The van der Waals surface area contributed by atoms with E-state index in [4.69, 9.17) is 14.2 Å². The third-order valence-corrected chi connectivity index (χ3v) is 4.40. The largest absolute Gasteiger partial charge is 0.467 e. The number of carbonyl (C=O) groups is 2. The zero-order chi connectivity index (χ0) is 23.9. The lowest BCUT2D eigenvalue weighted by molar-refractivity contribution is -0.157. The van der Waals surface area contributed by atoms with Crippen LogP contribution in [0.25, 0.3) is 0 Å². The van der Waals surface area contributed by atoms with Gasteiger partial charge in [0.15, 0.2) is 6.10 Å². The Kier molecular flexibility index (Phi) is 8.36. The van der Waals surface area contributed by atoms with Crippen LogP contribution < -0.4 is 16.6 Å². The predicted octanol–water partition coefficient (Wildman–Crippen LogP) is 2.34. The summed E-state index contributed by atoms with van der Waals surface area (Å²) < 4.78 is 16.9. The molecule has 1 aromatic heterocycles. The Hall–Kier alpha value is -3.40. The molecular weight excluding hydrogens is 418 g/mol. The summed E-state index contributed by atoms with van der Waals surface area (Å²) in [5.74, 6) is -0.600. The second kappa shape index (κ2) is 10.8. The van der Waals surface area contributed by atoms with E-state index in [-0.39, 0.29) is 13.2 Å². The summed E-state index contributed by atoms with van der Waals surface area (Å²) >= 11 is 0. The van der Waals surface area contributed by atoms with Crippen LogP contribution in [0.15, 0.2) is 40.1 Å². The number of methoxy groups -OCH3 is 1. The number of para-hydroxylation sites is 1. The topological polar surface area (TPSA) is 129 Å². The summed E-state index contributed by atoms with van der Waals surface area (Å²) in [6, 6.07) is 7.13. The smallest absolute Gasteiger partial charge is 0.412 e. The van der Waals surface area contributed by atoms with Crippen molar-refractivity contribution in [1.82, 2.24) is 9.55 Å². The summed E-state index contributed by atoms with van der Waals surface area (Å²) in [4.78, 5) is 49.9. The van der Waals surface area contributed by atoms with Gasteiger partial charge in [-0.25, -0.2) is 14.4 Å². The normalized spacial score (nSPS) is 12.2. The molecule has 1 aromatic carbocycles. The molecule has 0 aliphatic rings. The lowest BCUT2D eigenvalue weighted by atomic mass is 10.0. The van der Waals surface area contributed by atoms with Gasteiger partial charge < -0.3 is 14.2 Å². The number of anilines is 1. The molecule has 32 heavy (non-hydrogen) atoms. The fraction of sp³-hybridized carbons (Fsp3) is 0.455. The molecule has 0 saturated carbocycles. The van der Waals surface area contributed by atoms with E-state index in [0.29, 0.717) is 17.7 Å². The van der Waals surface area contributed by atoms with Crippen LogP contribution in [0.5, 0.6) is 0 Å². The first-order valence-electron chi connectivity index (χ1n) is 10.1. The van der Waals surface area contributed by atoms with Gasteiger partial charge in [-0.05, 0) is 52.2 Å². The minimum atomic E-state index is -0.964. The van der Waals surface area contributed by atoms with E-state index in [9.17, 15) is 19.2 Å². The van der Waals surface area contributed by atoms with Gasteiger partial charge in [-0.1, -0.05) is 18.2 Å². The van der Waals surface area contributed by atoms with E-state index in [0.717, 1.165) is 10.1 Å². The van der Waals surface area contributed by atoms with Crippen molar-refractivity contribution >= 4 is 17.7 Å². The second-order valence-electron chi connectivity index (χ2n) is 8.17. The van der Waals surface area contributed by atoms with Crippen molar-refractivity contribution in [3.05, 3.63) is 62.4 Å². The number of hydrogen-bond acceptors (Lipinski definition) is 7. The highest BCUT2D eigenvalue weighted by Gasteiger charge is 2.22. The number of H-pyrrole nitrogens is 1. The number of rotatable bonds is 8. The van der Waals surface area contributed by atoms with Crippen molar-refractivity contribution in [3.63, 3.8) is 0 Å². The molecular formula is C22H29N3O7. The Morgan fingerprint density at radius 3 is 2.53 bits per heavy atom. The van der Waals surface area contributed by atoms with Crippen molar-refractivity contribution in [2.75, 3.05) is 12.4 Å². The molecule has 2 rings (SSSR count). The van der Waals surface area contributed by atoms with Gasteiger partial charge in [-0.2, -0.15) is 0 Å². The van der Waals surface area contributed by atoms with E-state index < -0.39 is 35.0 Å². The molecule has 0 unspecified atom stereocenters. The maximum atomic E-state index is 12.2. The van der Waals surface area contributed by atoms with Crippen LogP contribution in [0.4, 0.5) is 10.5 Å². The number of aromatic amines is 1. The first-order valence-corrected chi connectivity index (χ1v) is 10.1. The number of benzene rings is 1. The van der Waals surface area contributed by atoms with E-state index in [1.807, 2.05) is 12.1 Å². The van der Waals surface area contributed by atoms with Crippen molar-refractivity contribution in [3.8, 4) is 0 Å². The molecule has 10 nitrogen and oxygen atoms in total. The molecule has 1 atom stereocenters. The Morgan fingerprint density at radius 2 is 1.88 bits per heavy atom. The lowest BCUT2D eigenvalue weighted by Crippen LogP contribution is -2.34. The molecule has 0 spiro atoms. The highest BCUT2D eigenvalue weighted by molar-refractivity contribution is 5.86. The van der Waals surface area contributed by atoms with Crippen molar-refractivity contribution in [2.24, 2.45) is 0 Å². The Morgan fingerprint density at radius 1 is 1.19 bits per heavy atom. The van der Waals surface area contributed by atoms with Crippen molar-refractivity contribution in [2.45, 2.75) is 59.0 Å². The number of aryl methyl sites for hydroxylation is 2. The number of nitrogens with zero attached hydrogens (tertiary/aromatic N) is 1. The van der Waals surface area contributed by atoms with Gasteiger partial charge in [0, 0.05) is 17.4 Å². The van der Waals surface area contributed by atoms with Gasteiger partial charge in [-0.3, -0.25) is 19.7 Å². The van der Waals surface area contributed by atoms with Gasteiger partial charge in [0.1, 0.15) is 12.3 Å². The average Bonchev–Trinajstić information content (AvgIpc) is 2.70. The fourth-order valence-corrected chi connectivity index (χ4v) is 2.85. The standard InChI is InChI=1S/C22H29N3O7/c1-14-12-25(20(28)24-18(14)26)13-31-17(19(27)30-5)11-10-15-8-6-7-9-16(15)23-21(29)32-22(2,3)4/h6-9,12,17H,10-11,13H2,1-5H3,(H,23,29)(H,24,26,28)/t17-/m0/s1. The molecule has 1 heterocycles. The highest BCUT2D eigenvalue weighted by Crippen LogP contribution is 2.20. The molecule has 174 valence electrons. The molecule has 10 heteroatoms. The van der Waals surface area contributed by atoms with E-state index in [1.165, 1.54) is 13.3 Å². The molecule has 0 bridgehead atoms. The zero-order valence-corrected chi connectivity index (χ0v) is 18.9. The molecule has 0 fully saturated rings. The van der Waals surface area contributed by atoms with Crippen LogP contribution in [0.2, 0.25) is 0 Å². The summed E-state index contributed by atoms with van der Waals surface area (Å²) in [6.45, 7) is 6.62. The first-order chi connectivity index (χ1) is 15.0. The van der Waals surface area contributed by atoms with Crippen LogP contribution in [0, 0.1) is 6.92 Å². The fourth-order valence-electron chi connectivity index (χ4n) is 2.85. The molecule has 2 aromatic rings. The van der Waals surface area contributed by atoms with Gasteiger partial charge in [0.2, 0.25) is 0 Å². The van der Waals surface area contributed by atoms with Crippen LogP contribution >= 0.6 is 0 Å². The number of nitrogens with one attached hydrogen (secondary N) is 2. The number of amides is 1. The van der Waals surface area contributed by atoms with Crippen molar-refractivity contribution < 1.29 is 23.8 Å². The van der Waals surface area contributed by atoms with Crippen LogP contribution in [-0.2, 0) is 32.2 Å². The van der Waals surface area contributed by atoms with E-state index in [1.54, 1.807) is 39.8 Å². The average molecular weight is 447 g/mol. The van der Waals surface area contributed by atoms with E-state index in [2.05, 4.69) is 10.3 Å². The number of aromatic nitrogens is 2. The quantitative estimate of drug-likeness (QED) is 0.594. The summed E-state index contributed by atoms with van der Waals surface area (Å²) in [7, 11) is 1.24. The van der Waals surface area contributed by atoms with Crippen LogP contribution in [0.3, 0.4) is 0 Å². The summed E-state index contributed by atoms with van der Waals surface area (Å²) in [6.07, 6.45) is 0.421. The molecule has 1 amide bonds. The van der Waals surface area contributed by atoms with Gasteiger partial charge in [0.25, 0.3) is 5.56 Å². The lowest BCUT2D eigenvalue weighted by Gasteiger charge is -2.21. The van der Waals surface area contributed by atoms with Gasteiger partial charge >= 0.3 is 17.8 Å². The molecule has 0 aliphatic heterocycles. The highest BCUT2D eigenvalue weighted by atomic mass is 16.6. The minimum Gasteiger partial charge on any atom is -0.467 e. The third kappa shape index (κ3) is 7.38. The Balaban J connectivity index is 2.09. The SMILES string of the molecule is COC(=O)[C@H](CCc1ccccc1NC(=O)OC(C)(C)C)OCn1cc(C)c(=O)[nH]c1=O. The number of esters is 1. The van der Waals surface area contributed by atoms with Crippen LogP contribution in [0.1, 0.15) is 38.3 Å². The number of carbonyl (C=O) groups excluding carboxylic acids is 2. The zero-order valence-electron chi connectivity index (χ0n) is 18.9. The summed E-state index contributed by atoms with van der Waals surface area (Å²) in [5.41, 5.74) is -0.0993. The third-order valence-electron chi connectivity index (χ3n) is 4.40. The molecule has 2 N–H and O–H groups in total. The van der Waals surface area contributed by atoms with Crippen LogP contribution in [-0.4, -0.2) is 40.4 Å². The Bertz CT molecular complexity index is 1070. The minimum absolute atomic E-state index is 0.233. The monoisotopic (exact) mass is 447 g/mol. The summed E-state index contributed by atoms with van der Waals surface area (Å²) in [5, 5.41) is 2.71. The number of hydrogen-bond donors (Lipinski definition) is 2. The molecule has 0 saturated heterocycles. The predicted molar refractivity (Wildman–Crippen MR) is 118 cm³/mol. The van der Waals surface area contributed by atoms with E-state index >= 15 is 0 Å². The maximum absolute atomic E-state index is 12.2. The first kappa shape index (κ1) is 24.9. The second-order valence-corrected chi connectivity index (χ2v) is 8.17. The molecule has 0 radical (unpaired) electrons. The number of ether oxygens (including phenoxy) is 3.